The Morgan fingerprint density at radius 1 is 1.21 bits per heavy atom. The molecular weight excluding hydrogens is 172 g/mol. The van der Waals surface area contributed by atoms with E-state index >= 15 is 0 Å². The van der Waals surface area contributed by atoms with Crippen molar-refractivity contribution in [3.05, 3.63) is 41.5 Å². The van der Waals surface area contributed by atoms with Crippen LogP contribution in [-0.4, -0.2) is 5.11 Å². The molecule has 0 aromatic heterocycles. The lowest BCUT2D eigenvalue weighted by molar-refractivity contribution is 0.481. The number of aryl methyl sites for hydroxylation is 2. The second-order valence-corrected chi connectivity index (χ2v) is 3.65. The average Bonchev–Trinajstić information content (AvgIpc) is 2.16. The molecule has 1 N–H and O–H groups in total. The first-order chi connectivity index (χ1) is 6.72. The zero-order valence-electron chi connectivity index (χ0n) is 8.54. The van der Waals surface area contributed by atoms with Gasteiger partial charge in [-0.1, -0.05) is 31.2 Å². The van der Waals surface area contributed by atoms with Gasteiger partial charge in [0.15, 0.2) is 0 Å². The van der Waals surface area contributed by atoms with E-state index in [1.165, 1.54) is 5.56 Å². The summed E-state index contributed by atoms with van der Waals surface area (Å²) in [6.45, 7) is 4.10. The Labute approximate surface area is 84.0 Å². The van der Waals surface area contributed by atoms with E-state index in [0.717, 1.165) is 22.8 Å². The van der Waals surface area contributed by atoms with Crippen molar-refractivity contribution in [1.29, 1.82) is 0 Å². The second kappa shape index (κ2) is 3.33. The van der Waals surface area contributed by atoms with E-state index < -0.39 is 0 Å². The normalized spacial score (nSPS) is 10.7. The van der Waals surface area contributed by atoms with Crippen molar-refractivity contribution in [2.24, 2.45) is 0 Å². The summed E-state index contributed by atoms with van der Waals surface area (Å²) in [5.74, 6) is 0.400. The zero-order chi connectivity index (χ0) is 10.1. The molecule has 0 aliphatic rings. The van der Waals surface area contributed by atoms with E-state index in [9.17, 15) is 5.11 Å². The number of benzene rings is 2. The molecule has 0 saturated carbocycles. The van der Waals surface area contributed by atoms with Gasteiger partial charge in [0.2, 0.25) is 0 Å². The standard InChI is InChI=1S/C13H14O/c1-3-10-5-4-6-11-7-9(2)8-12(14)13(10)11/h4-8,14H,3H2,1-2H3. The van der Waals surface area contributed by atoms with E-state index in [2.05, 4.69) is 19.1 Å². The molecule has 0 saturated heterocycles. The molecule has 0 fully saturated rings. The molecule has 0 unspecified atom stereocenters. The van der Waals surface area contributed by atoms with Gasteiger partial charge in [0.05, 0.1) is 0 Å². The third-order valence-corrected chi connectivity index (χ3v) is 2.57. The SMILES string of the molecule is CCc1cccc2cc(C)cc(O)c12. The number of phenols is 1. The van der Waals surface area contributed by atoms with Gasteiger partial charge in [-0.05, 0) is 35.9 Å². The number of hydrogen-bond donors (Lipinski definition) is 1. The molecule has 2 aromatic rings. The van der Waals surface area contributed by atoms with Crippen molar-refractivity contribution in [3.8, 4) is 5.75 Å². The smallest absolute Gasteiger partial charge is 0.123 e. The molecule has 0 bridgehead atoms. The van der Waals surface area contributed by atoms with Gasteiger partial charge in [-0.3, -0.25) is 0 Å². The fourth-order valence-corrected chi connectivity index (χ4v) is 1.92. The first-order valence-corrected chi connectivity index (χ1v) is 4.93. The van der Waals surface area contributed by atoms with Gasteiger partial charge in [0, 0.05) is 5.39 Å². The maximum absolute atomic E-state index is 9.86. The number of phenolic OH excluding ortho intramolecular Hbond substituents is 1. The Balaban J connectivity index is 2.87. The van der Waals surface area contributed by atoms with Crippen LogP contribution in [0.15, 0.2) is 30.3 Å². The van der Waals surface area contributed by atoms with Gasteiger partial charge in [-0.25, -0.2) is 0 Å². The van der Waals surface area contributed by atoms with Crippen LogP contribution in [-0.2, 0) is 6.42 Å². The molecule has 0 radical (unpaired) electrons. The fraction of sp³-hybridized carbons (Fsp3) is 0.231. The summed E-state index contributed by atoms with van der Waals surface area (Å²) in [5, 5.41) is 12.0. The highest BCUT2D eigenvalue weighted by molar-refractivity contribution is 5.91. The largest absolute Gasteiger partial charge is 0.507 e. The van der Waals surface area contributed by atoms with Crippen LogP contribution < -0.4 is 0 Å². The van der Waals surface area contributed by atoms with Crippen molar-refractivity contribution in [2.45, 2.75) is 20.3 Å². The number of hydrogen-bond acceptors (Lipinski definition) is 1. The minimum atomic E-state index is 0.400. The minimum Gasteiger partial charge on any atom is -0.507 e. The van der Waals surface area contributed by atoms with Crippen LogP contribution in [0.1, 0.15) is 18.1 Å². The monoisotopic (exact) mass is 186 g/mol. The minimum absolute atomic E-state index is 0.400. The van der Waals surface area contributed by atoms with Crippen LogP contribution >= 0.6 is 0 Å². The summed E-state index contributed by atoms with van der Waals surface area (Å²) in [6, 6.07) is 10.1. The molecule has 2 aromatic carbocycles. The van der Waals surface area contributed by atoms with E-state index in [0.29, 0.717) is 5.75 Å². The lowest BCUT2D eigenvalue weighted by Crippen LogP contribution is -1.85. The zero-order valence-corrected chi connectivity index (χ0v) is 8.54. The molecule has 0 atom stereocenters. The third-order valence-electron chi connectivity index (χ3n) is 2.57. The van der Waals surface area contributed by atoms with Gasteiger partial charge in [0.1, 0.15) is 5.75 Å². The van der Waals surface area contributed by atoms with Crippen LogP contribution in [0.5, 0.6) is 5.75 Å². The lowest BCUT2D eigenvalue weighted by atomic mass is 10.00. The summed E-state index contributed by atoms with van der Waals surface area (Å²) in [7, 11) is 0. The van der Waals surface area contributed by atoms with Gasteiger partial charge in [0.25, 0.3) is 0 Å². The van der Waals surface area contributed by atoms with Crippen molar-refractivity contribution in [1.82, 2.24) is 0 Å². The van der Waals surface area contributed by atoms with Gasteiger partial charge in [-0.2, -0.15) is 0 Å². The molecule has 0 heterocycles. The van der Waals surface area contributed by atoms with Crippen LogP contribution in [0, 0.1) is 6.92 Å². The quantitative estimate of drug-likeness (QED) is 0.723. The molecular formula is C13H14O. The van der Waals surface area contributed by atoms with E-state index in [1.54, 1.807) is 0 Å². The van der Waals surface area contributed by atoms with E-state index in [1.807, 2.05) is 25.1 Å². The van der Waals surface area contributed by atoms with E-state index in [-0.39, 0.29) is 0 Å². The molecule has 2 rings (SSSR count). The van der Waals surface area contributed by atoms with Crippen LogP contribution in [0.2, 0.25) is 0 Å². The third kappa shape index (κ3) is 1.35. The summed E-state index contributed by atoms with van der Waals surface area (Å²) in [6.07, 6.45) is 0.952. The Kier molecular flexibility index (Phi) is 2.16. The Morgan fingerprint density at radius 3 is 2.71 bits per heavy atom. The predicted molar refractivity (Wildman–Crippen MR) is 59.7 cm³/mol. The predicted octanol–water partition coefficient (Wildman–Crippen LogP) is 3.42. The molecule has 0 aliphatic heterocycles. The first kappa shape index (κ1) is 9.07. The van der Waals surface area contributed by atoms with Gasteiger partial charge in [-0.15, -0.1) is 0 Å². The molecule has 0 amide bonds. The van der Waals surface area contributed by atoms with Crippen LogP contribution in [0.4, 0.5) is 0 Å². The molecule has 0 aliphatic carbocycles. The topological polar surface area (TPSA) is 20.2 Å². The molecule has 1 nitrogen and oxygen atoms in total. The summed E-state index contributed by atoms with van der Waals surface area (Å²) in [4.78, 5) is 0. The summed E-state index contributed by atoms with van der Waals surface area (Å²) >= 11 is 0. The first-order valence-electron chi connectivity index (χ1n) is 4.93. The van der Waals surface area contributed by atoms with Gasteiger partial charge < -0.3 is 5.11 Å². The fourth-order valence-electron chi connectivity index (χ4n) is 1.92. The van der Waals surface area contributed by atoms with Crippen molar-refractivity contribution < 1.29 is 5.11 Å². The lowest BCUT2D eigenvalue weighted by Gasteiger charge is -2.07. The second-order valence-electron chi connectivity index (χ2n) is 3.65. The highest BCUT2D eigenvalue weighted by atomic mass is 16.3. The summed E-state index contributed by atoms with van der Waals surface area (Å²) < 4.78 is 0. The van der Waals surface area contributed by atoms with Crippen molar-refractivity contribution >= 4 is 10.8 Å². The van der Waals surface area contributed by atoms with Crippen molar-refractivity contribution in [3.63, 3.8) is 0 Å². The van der Waals surface area contributed by atoms with Crippen LogP contribution in [0.3, 0.4) is 0 Å². The molecule has 72 valence electrons. The maximum atomic E-state index is 9.86. The molecule has 14 heavy (non-hydrogen) atoms. The number of fused-ring (bicyclic) bond motifs is 1. The van der Waals surface area contributed by atoms with E-state index in [4.69, 9.17) is 0 Å². The van der Waals surface area contributed by atoms with Crippen LogP contribution in [0.25, 0.3) is 10.8 Å². The van der Waals surface area contributed by atoms with Gasteiger partial charge >= 0.3 is 0 Å². The Hall–Kier alpha value is -1.50. The highest BCUT2D eigenvalue weighted by Crippen LogP contribution is 2.29. The highest BCUT2D eigenvalue weighted by Gasteiger charge is 2.04. The summed E-state index contributed by atoms with van der Waals surface area (Å²) in [5.41, 5.74) is 2.31. The number of rotatable bonds is 1. The Morgan fingerprint density at radius 2 is 2.00 bits per heavy atom. The molecule has 1 heteroatoms. The number of aromatic hydroxyl groups is 1. The molecule has 0 spiro atoms. The van der Waals surface area contributed by atoms with Crippen molar-refractivity contribution in [2.75, 3.05) is 0 Å². The Bertz CT molecular complexity index is 472. The maximum Gasteiger partial charge on any atom is 0.123 e. The average molecular weight is 186 g/mol.